The second-order valence-corrected chi connectivity index (χ2v) is 4.78. The van der Waals surface area contributed by atoms with E-state index in [0.29, 0.717) is 30.0 Å². The molecule has 6 nitrogen and oxygen atoms in total. The zero-order valence-corrected chi connectivity index (χ0v) is 12.5. The minimum absolute atomic E-state index is 0.0260. The van der Waals surface area contributed by atoms with E-state index in [2.05, 4.69) is 5.32 Å². The maximum Gasteiger partial charge on any atom is 0.303 e. The molecule has 1 aromatic carbocycles. The molecule has 0 aliphatic carbocycles. The second-order valence-electron chi connectivity index (χ2n) is 4.78. The van der Waals surface area contributed by atoms with Crippen LogP contribution < -0.4 is 14.8 Å². The summed E-state index contributed by atoms with van der Waals surface area (Å²) in [7, 11) is 1.54. The molecule has 0 radical (unpaired) electrons. The van der Waals surface area contributed by atoms with E-state index in [1.807, 2.05) is 13.8 Å². The molecular weight excluding hydrogens is 274 g/mol. The first-order chi connectivity index (χ1) is 9.93. The molecule has 0 bridgehead atoms. The number of nitrogens with one attached hydrogen (secondary N) is 1. The predicted octanol–water partition coefficient (Wildman–Crippen LogP) is 2.08. The molecule has 116 valence electrons. The summed E-state index contributed by atoms with van der Waals surface area (Å²) < 4.78 is 10.7. The van der Waals surface area contributed by atoms with Gasteiger partial charge in [0.15, 0.2) is 0 Å². The van der Waals surface area contributed by atoms with Crippen molar-refractivity contribution < 1.29 is 24.2 Å². The van der Waals surface area contributed by atoms with E-state index in [-0.39, 0.29) is 18.4 Å². The van der Waals surface area contributed by atoms with Crippen LogP contribution >= 0.6 is 0 Å². The number of hydrogen-bond donors (Lipinski definition) is 2. The lowest BCUT2D eigenvalue weighted by Crippen LogP contribution is -2.26. The molecule has 0 aromatic heterocycles. The van der Waals surface area contributed by atoms with Gasteiger partial charge in [0.25, 0.3) is 5.91 Å². The van der Waals surface area contributed by atoms with Crippen molar-refractivity contribution in [3.8, 4) is 11.5 Å². The first kappa shape index (κ1) is 16.8. The maximum absolute atomic E-state index is 12.1. The van der Waals surface area contributed by atoms with Gasteiger partial charge in [-0.25, -0.2) is 0 Å². The number of carboxylic acid groups (broad SMARTS) is 1. The van der Waals surface area contributed by atoms with Crippen LogP contribution in [0.2, 0.25) is 0 Å². The fraction of sp³-hybridized carbons (Fsp3) is 0.467. The Hall–Kier alpha value is -2.24. The van der Waals surface area contributed by atoms with Gasteiger partial charge in [-0.1, -0.05) is 0 Å². The molecular formula is C15H21NO5. The van der Waals surface area contributed by atoms with Crippen molar-refractivity contribution in [1.82, 2.24) is 5.32 Å². The van der Waals surface area contributed by atoms with Crippen molar-refractivity contribution in [2.24, 2.45) is 0 Å². The SMILES string of the molecule is COc1ccc(C(=O)NCCCC(=O)O)c(OC(C)C)c1. The van der Waals surface area contributed by atoms with E-state index in [0.717, 1.165) is 0 Å². The van der Waals surface area contributed by atoms with Gasteiger partial charge in [-0.15, -0.1) is 0 Å². The van der Waals surface area contributed by atoms with Crippen LogP contribution in [-0.2, 0) is 4.79 Å². The number of carboxylic acids is 1. The third-order valence-electron chi connectivity index (χ3n) is 2.65. The largest absolute Gasteiger partial charge is 0.497 e. The lowest BCUT2D eigenvalue weighted by atomic mass is 10.1. The first-order valence-corrected chi connectivity index (χ1v) is 6.78. The topological polar surface area (TPSA) is 84.9 Å². The van der Waals surface area contributed by atoms with E-state index in [4.69, 9.17) is 14.6 Å². The number of hydrogen-bond acceptors (Lipinski definition) is 4. The molecule has 21 heavy (non-hydrogen) atoms. The second kappa shape index (κ2) is 8.14. The maximum atomic E-state index is 12.1. The smallest absolute Gasteiger partial charge is 0.303 e. The molecule has 6 heteroatoms. The van der Waals surface area contributed by atoms with Crippen LogP contribution in [-0.4, -0.2) is 36.7 Å². The molecule has 0 saturated carbocycles. The lowest BCUT2D eigenvalue weighted by molar-refractivity contribution is -0.137. The number of carbonyl (C=O) groups excluding carboxylic acids is 1. The minimum Gasteiger partial charge on any atom is -0.497 e. The fourth-order valence-corrected chi connectivity index (χ4v) is 1.71. The average molecular weight is 295 g/mol. The van der Waals surface area contributed by atoms with Gasteiger partial charge in [0, 0.05) is 19.0 Å². The lowest BCUT2D eigenvalue weighted by Gasteiger charge is -2.15. The third-order valence-corrected chi connectivity index (χ3v) is 2.65. The van der Waals surface area contributed by atoms with Crippen LogP contribution in [0.4, 0.5) is 0 Å². The average Bonchev–Trinajstić information content (AvgIpc) is 2.42. The molecule has 0 aliphatic heterocycles. The van der Waals surface area contributed by atoms with Crippen molar-refractivity contribution >= 4 is 11.9 Å². The van der Waals surface area contributed by atoms with Gasteiger partial charge in [0.1, 0.15) is 11.5 Å². The van der Waals surface area contributed by atoms with E-state index in [1.54, 1.807) is 25.3 Å². The Balaban J connectivity index is 2.75. The van der Waals surface area contributed by atoms with Crippen molar-refractivity contribution in [2.75, 3.05) is 13.7 Å². The van der Waals surface area contributed by atoms with E-state index >= 15 is 0 Å². The van der Waals surface area contributed by atoms with E-state index < -0.39 is 5.97 Å². The predicted molar refractivity (Wildman–Crippen MR) is 78.0 cm³/mol. The molecule has 0 fully saturated rings. The van der Waals surface area contributed by atoms with Gasteiger partial charge in [-0.05, 0) is 32.4 Å². The standard InChI is InChI=1S/C15H21NO5/c1-10(2)21-13-9-11(20-3)6-7-12(13)15(19)16-8-4-5-14(17)18/h6-7,9-10H,4-5,8H2,1-3H3,(H,16,19)(H,17,18). The third kappa shape index (κ3) is 5.72. The Bertz CT molecular complexity index is 499. The molecule has 0 heterocycles. The van der Waals surface area contributed by atoms with Crippen LogP contribution in [0.5, 0.6) is 11.5 Å². The van der Waals surface area contributed by atoms with Gasteiger partial charge >= 0.3 is 5.97 Å². The highest BCUT2D eigenvalue weighted by molar-refractivity contribution is 5.97. The Kier molecular flexibility index (Phi) is 6.52. The molecule has 1 rings (SSSR count). The first-order valence-electron chi connectivity index (χ1n) is 6.78. The van der Waals surface area contributed by atoms with Gasteiger partial charge in [-0.2, -0.15) is 0 Å². The monoisotopic (exact) mass is 295 g/mol. The van der Waals surface area contributed by atoms with Crippen LogP contribution in [0.15, 0.2) is 18.2 Å². The fourth-order valence-electron chi connectivity index (χ4n) is 1.71. The summed E-state index contributed by atoms with van der Waals surface area (Å²) in [5.41, 5.74) is 0.403. The summed E-state index contributed by atoms with van der Waals surface area (Å²) in [5.74, 6) is -0.121. The molecule has 0 saturated heterocycles. The molecule has 1 aromatic rings. The number of amides is 1. The summed E-state index contributed by atoms with van der Waals surface area (Å²) in [6.45, 7) is 4.04. The molecule has 0 spiro atoms. The molecule has 0 atom stereocenters. The highest BCUT2D eigenvalue weighted by Gasteiger charge is 2.14. The molecule has 2 N–H and O–H groups in total. The van der Waals surface area contributed by atoms with Crippen molar-refractivity contribution in [3.05, 3.63) is 23.8 Å². The van der Waals surface area contributed by atoms with E-state index in [9.17, 15) is 9.59 Å². The zero-order chi connectivity index (χ0) is 15.8. The van der Waals surface area contributed by atoms with Gasteiger partial charge in [-0.3, -0.25) is 9.59 Å². The van der Waals surface area contributed by atoms with Crippen LogP contribution in [0, 0.1) is 0 Å². The van der Waals surface area contributed by atoms with Gasteiger partial charge < -0.3 is 19.9 Å². The summed E-state index contributed by atoms with van der Waals surface area (Å²) in [6.07, 6.45) is 0.339. The summed E-state index contributed by atoms with van der Waals surface area (Å²) in [5, 5.41) is 11.2. The normalized spacial score (nSPS) is 10.3. The van der Waals surface area contributed by atoms with Gasteiger partial charge in [0.2, 0.25) is 0 Å². The summed E-state index contributed by atoms with van der Waals surface area (Å²) in [4.78, 5) is 22.5. The van der Waals surface area contributed by atoms with Crippen molar-refractivity contribution in [2.45, 2.75) is 32.8 Å². The molecule has 1 amide bonds. The quantitative estimate of drug-likeness (QED) is 0.717. The number of methoxy groups -OCH3 is 1. The zero-order valence-electron chi connectivity index (χ0n) is 12.5. The van der Waals surface area contributed by atoms with Gasteiger partial charge in [0.05, 0.1) is 18.8 Å². The van der Waals surface area contributed by atoms with Crippen molar-refractivity contribution in [3.63, 3.8) is 0 Å². The summed E-state index contributed by atoms with van der Waals surface area (Å²) in [6, 6.07) is 4.97. The Labute approximate surface area is 124 Å². The Morgan fingerprint density at radius 3 is 2.62 bits per heavy atom. The Morgan fingerprint density at radius 2 is 2.05 bits per heavy atom. The minimum atomic E-state index is -0.877. The van der Waals surface area contributed by atoms with E-state index in [1.165, 1.54) is 0 Å². The summed E-state index contributed by atoms with van der Waals surface area (Å²) >= 11 is 0. The Morgan fingerprint density at radius 1 is 1.33 bits per heavy atom. The number of benzene rings is 1. The number of ether oxygens (including phenoxy) is 2. The number of aliphatic carboxylic acids is 1. The number of rotatable bonds is 8. The van der Waals surface area contributed by atoms with Crippen LogP contribution in [0.25, 0.3) is 0 Å². The highest BCUT2D eigenvalue weighted by atomic mass is 16.5. The van der Waals surface area contributed by atoms with Crippen LogP contribution in [0.3, 0.4) is 0 Å². The molecule has 0 aliphatic rings. The van der Waals surface area contributed by atoms with Crippen molar-refractivity contribution in [1.29, 1.82) is 0 Å². The number of carbonyl (C=O) groups is 2. The van der Waals surface area contributed by atoms with Crippen LogP contribution in [0.1, 0.15) is 37.0 Å². The molecule has 0 unspecified atom stereocenters. The highest BCUT2D eigenvalue weighted by Crippen LogP contribution is 2.25.